The fourth-order valence-electron chi connectivity index (χ4n) is 4.68. The van der Waals surface area contributed by atoms with Gasteiger partial charge in [0.2, 0.25) is 0 Å². The number of pyridine rings is 1. The first kappa shape index (κ1) is 21.6. The van der Waals surface area contributed by atoms with E-state index in [0.29, 0.717) is 17.0 Å². The van der Waals surface area contributed by atoms with Gasteiger partial charge in [0, 0.05) is 67.9 Å². The van der Waals surface area contributed by atoms with Crippen LogP contribution in [0.4, 0.5) is 11.5 Å². The number of piperazine rings is 1. The molecule has 1 aromatic carbocycles. The van der Waals surface area contributed by atoms with E-state index in [1.54, 1.807) is 12.1 Å². The first-order valence-corrected chi connectivity index (χ1v) is 13.2. The lowest BCUT2D eigenvalue weighted by Gasteiger charge is -2.37. The molecule has 0 bridgehead atoms. The molecule has 0 amide bonds. The average molecular weight is 474 g/mol. The maximum atomic E-state index is 11.7. The molecular formula is C23H28ClN5O2S. The summed E-state index contributed by atoms with van der Waals surface area (Å²) in [7, 11) is -1.16. The van der Waals surface area contributed by atoms with Crippen molar-refractivity contribution in [3.8, 4) is 0 Å². The third-order valence-corrected chi connectivity index (χ3v) is 8.21. The molecule has 2 aliphatic rings. The highest BCUT2D eigenvalue weighted by Gasteiger charge is 2.30. The zero-order valence-corrected chi connectivity index (χ0v) is 19.9. The lowest BCUT2D eigenvalue weighted by Crippen LogP contribution is -2.46. The molecule has 2 fully saturated rings. The van der Waals surface area contributed by atoms with Crippen molar-refractivity contribution in [3.63, 3.8) is 0 Å². The van der Waals surface area contributed by atoms with Crippen LogP contribution in [0.15, 0.2) is 47.5 Å². The second kappa shape index (κ2) is 8.24. The van der Waals surface area contributed by atoms with Crippen LogP contribution in [0.2, 0.25) is 5.02 Å². The zero-order valence-electron chi connectivity index (χ0n) is 18.3. The van der Waals surface area contributed by atoms with Crippen LogP contribution in [0.3, 0.4) is 0 Å². The molecule has 1 N–H and O–H groups in total. The Morgan fingerprint density at radius 3 is 2.31 bits per heavy atom. The van der Waals surface area contributed by atoms with Gasteiger partial charge < -0.3 is 19.7 Å². The summed E-state index contributed by atoms with van der Waals surface area (Å²) in [6.07, 6.45) is 5.57. The normalized spacial score (nSPS) is 21.7. The number of hydrogen-bond acceptors (Lipinski definition) is 6. The van der Waals surface area contributed by atoms with Crippen molar-refractivity contribution >= 4 is 44.0 Å². The van der Waals surface area contributed by atoms with Crippen molar-refractivity contribution in [1.29, 1.82) is 0 Å². The topological polar surface area (TPSA) is 70.5 Å². The lowest BCUT2D eigenvalue weighted by molar-refractivity contribution is 0.240. The molecule has 2 aromatic heterocycles. The number of fused-ring (bicyclic) bond motifs is 1. The highest BCUT2D eigenvalue weighted by molar-refractivity contribution is 7.90. The Balaban J connectivity index is 1.31. The maximum absolute atomic E-state index is 11.7. The number of benzene rings is 1. The van der Waals surface area contributed by atoms with Gasteiger partial charge >= 0.3 is 0 Å². The molecule has 1 saturated heterocycles. The summed E-state index contributed by atoms with van der Waals surface area (Å²) in [5.74, 6) is 0.916. The monoisotopic (exact) mass is 473 g/mol. The highest BCUT2D eigenvalue weighted by atomic mass is 35.5. The van der Waals surface area contributed by atoms with E-state index in [-0.39, 0.29) is 0 Å². The Labute approximate surface area is 193 Å². The van der Waals surface area contributed by atoms with Gasteiger partial charge in [0.1, 0.15) is 11.5 Å². The number of hydrogen-bond donors (Lipinski definition) is 1. The van der Waals surface area contributed by atoms with E-state index in [1.165, 1.54) is 6.26 Å². The standard InChI is InChI=1S/C23H28ClN5O2S/c1-25-16-13-18(14-16)29-8-7-20-21(24)15-22(26-23(20)29)28-11-9-27(10-12-28)17-3-5-19(6-4-17)32(2,30)31/h3-8,15-16,18,25H,9-14H2,1-2H3. The molecular weight excluding hydrogens is 446 g/mol. The molecule has 9 heteroatoms. The van der Waals surface area contributed by atoms with Crippen molar-refractivity contribution < 1.29 is 8.42 Å². The Kier molecular flexibility index (Phi) is 5.55. The number of rotatable bonds is 5. The van der Waals surface area contributed by atoms with E-state index < -0.39 is 9.84 Å². The van der Waals surface area contributed by atoms with Crippen LogP contribution < -0.4 is 15.1 Å². The number of sulfone groups is 1. The molecule has 5 rings (SSSR count). The van der Waals surface area contributed by atoms with Gasteiger partial charge in [-0.1, -0.05) is 11.6 Å². The molecule has 3 aromatic rings. The fourth-order valence-corrected chi connectivity index (χ4v) is 5.56. The Morgan fingerprint density at radius 2 is 1.69 bits per heavy atom. The van der Waals surface area contributed by atoms with Gasteiger partial charge in [-0.2, -0.15) is 0 Å². The maximum Gasteiger partial charge on any atom is 0.175 e. The largest absolute Gasteiger partial charge is 0.368 e. The van der Waals surface area contributed by atoms with Crippen LogP contribution in [-0.4, -0.2) is 63.5 Å². The summed E-state index contributed by atoms with van der Waals surface area (Å²) in [6, 6.07) is 12.2. The van der Waals surface area contributed by atoms with E-state index in [4.69, 9.17) is 16.6 Å². The molecule has 0 unspecified atom stereocenters. The van der Waals surface area contributed by atoms with Crippen molar-refractivity contribution in [2.75, 3.05) is 49.3 Å². The van der Waals surface area contributed by atoms with Gasteiger partial charge in [-0.25, -0.2) is 13.4 Å². The van der Waals surface area contributed by atoms with Crippen molar-refractivity contribution in [3.05, 3.63) is 47.6 Å². The molecule has 170 valence electrons. The van der Waals surface area contributed by atoms with Gasteiger partial charge in [0.15, 0.2) is 9.84 Å². The fraction of sp³-hybridized carbons (Fsp3) is 0.435. The number of halogens is 1. The Bertz CT molecular complexity index is 1230. The van der Waals surface area contributed by atoms with Crippen molar-refractivity contribution in [2.45, 2.75) is 29.8 Å². The molecule has 1 saturated carbocycles. The molecule has 3 heterocycles. The lowest BCUT2D eigenvalue weighted by atomic mass is 9.87. The Morgan fingerprint density at radius 1 is 1.03 bits per heavy atom. The SMILES string of the molecule is CNC1CC(n2ccc3c(Cl)cc(N4CCN(c5ccc(S(C)(=O)=O)cc5)CC4)nc32)C1. The number of anilines is 2. The predicted molar refractivity (Wildman–Crippen MR) is 130 cm³/mol. The summed E-state index contributed by atoms with van der Waals surface area (Å²) in [5, 5.41) is 5.09. The zero-order chi connectivity index (χ0) is 22.5. The summed E-state index contributed by atoms with van der Waals surface area (Å²) < 4.78 is 25.7. The van der Waals surface area contributed by atoms with Crippen LogP contribution in [0.1, 0.15) is 18.9 Å². The van der Waals surface area contributed by atoms with Crippen LogP contribution in [-0.2, 0) is 9.84 Å². The first-order chi connectivity index (χ1) is 15.3. The average Bonchev–Trinajstić information content (AvgIpc) is 3.17. The summed E-state index contributed by atoms with van der Waals surface area (Å²) in [6.45, 7) is 3.33. The third kappa shape index (κ3) is 3.95. The highest BCUT2D eigenvalue weighted by Crippen LogP contribution is 2.37. The van der Waals surface area contributed by atoms with E-state index in [0.717, 1.165) is 66.6 Å². The van der Waals surface area contributed by atoms with Gasteiger partial charge in [-0.05, 0) is 50.2 Å². The van der Waals surface area contributed by atoms with Gasteiger partial charge in [-0.15, -0.1) is 0 Å². The van der Waals surface area contributed by atoms with Crippen molar-refractivity contribution in [2.24, 2.45) is 0 Å². The third-order valence-electron chi connectivity index (χ3n) is 6.77. The minimum absolute atomic E-state index is 0.350. The summed E-state index contributed by atoms with van der Waals surface area (Å²) >= 11 is 6.64. The minimum Gasteiger partial charge on any atom is -0.368 e. The Hall–Kier alpha value is -2.29. The van der Waals surface area contributed by atoms with Gasteiger partial charge in [-0.3, -0.25) is 0 Å². The smallest absolute Gasteiger partial charge is 0.175 e. The second-order valence-electron chi connectivity index (χ2n) is 8.77. The van der Waals surface area contributed by atoms with E-state index in [2.05, 4.69) is 31.9 Å². The molecule has 0 spiro atoms. The second-order valence-corrected chi connectivity index (χ2v) is 11.2. The van der Waals surface area contributed by atoms with Crippen LogP contribution in [0.5, 0.6) is 0 Å². The number of nitrogens with one attached hydrogen (secondary N) is 1. The first-order valence-electron chi connectivity index (χ1n) is 11.0. The van der Waals surface area contributed by atoms with E-state index >= 15 is 0 Å². The summed E-state index contributed by atoms with van der Waals surface area (Å²) in [4.78, 5) is 9.91. The van der Waals surface area contributed by atoms with E-state index in [1.807, 2.05) is 25.2 Å². The van der Waals surface area contributed by atoms with Crippen LogP contribution in [0, 0.1) is 0 Å². The van der Waals surface area contributed by atoms with Crippen LogP contribution >= 0.6 is 11.6 Å². The molecule has 0 atom stereocenters. The quantitative estimate of drug-likeness (QED) is 0.612. The molecule has 32 heavy (non-hydrogen) atoms. The van der Waals surface area contributed by atoms with Crippen molar-refractivity contribution in [1.82, 2.24) is 14.9 Å². The molecule has 1 aliphatic heterocycles. The van der Waals surface area contributed by atoms with E-state index in [9.17, 15) is 8.42 Å². The molecule has 1 aliphatic carbocycles. The molecule has 7 nitrogen and oxygen atoms in total. The predicted octanol–water partition coefficient (Wildman–Crippen LogP) is 3.34. The minimum atomic E-state index is -3.18. The summed E-state index contributed by atoms with van der Waals surface area (Å²) in [5.41, 5.74) is 2.00. The number of aromatic nitrogens is 2. The van der Waals surface area contributed by atoms with Crippen LogP contribution in [0.25, 0.3) is 11.0 Å². The molecule has 0 radical (unpaired) electrons. The van der Waals surface area contributed by atoms with Gasteiger partial charge in [0.25, 0.3) is 0 Å². The van der Waals surface area contributed by atoms with Gasteiger partial charge in [0.05, 0.1) is 9.92 Å². The number of nitrogens with zero attached hydrogens (tertiary/aromatic N) is 4.